The molecular weight excluding hydrogens is 379 g/mol. The van der Waals surface area contributed by atoms with Crippen LogP contribution in [-0.2, 0) is 7.05 Å². The highest BCUT2D eigenvalue weighted by molar-refractivity contribution is 5.38. The van der Waals surface area contributed by atoms with E-state index in [-0.39, 0.29) is 18.0 Å². The second kappa shape index (κ2) is 8.34. The number of allylic oxidation sites excluding steroid dienone is 4. The van der Waals surface area contributed by atoms with Crippen molar-refractivity contribution in [1.82, 2.24) is 30.8 Å². The van der Waals surface area contributed by atoms with Gasteiger partial charge in [0.05, 0.1) is 17.9 Å². The van der Waals surface area contributed by atoms with Crippen molar-refractivity contribution < 1.29 is 4.39 Å². The van der Waals surface area contributed by atoms with Crippen LogP contribution in [-0.4, -0.2) is 33.8 Å². The topological polar surface area (TPSA) is 57.2 Å². The Morgan fingerprint density at radius 2 is 1.83 bits per heavy atom. The van der Waals surface area contributed by atoms with Crippen molar-refractivity contribution in [3.8, 4) is 0 Å². The van der Waals surface area contributed by atoms with Gasteiger partial charge in [0.1, 0.15) is 5.83 Å². The summed E-state index contributed by atoms with van der Waals surface area (Å²) in [6, 6.07) is 11.3. The first-order chi connectivity index (χ1) is 14.7. The molecule has 158 valence electrons. The van der Waals surface area contributed by atoms with Crippen LogP contribution >= 0.6 is 0 Å². The van der Waals surface area contributed by atoms with Crippen molar-refractivity contribution in [2.24, 2.45) is 7.05 Å². The fourth-order valence-corrected chi connectivity index (χ4v) is 4.83. The molecule has 1 fully saturated rings. The molecular formula is C23H29FN6. The summed E-state index contributed by atoms with van der Waals surface area (Å²) < 4.78 is 15.1. The van der Waals surface area contributed by atoms with E-state index in [1.807, 2.05) is 24.0 Å². The van der Waals surface area contributed by atoms with Crippen LogP contribution in [0.4, 0.5) is 4.39 Å². The largest absolute Gasteiger partial charge is 0.386 e. The number of hydrogen-bond donors (Lipinski definition) is 3. The van der Waals surface area contributed by atoms with Crippen molar-refractivity contribution in [2.45, 2.75) is 43.9 Å². The van der Waals surface area contributed by atoms with Crippen molar-refractivity contribution in [1.29, 1.82) is 0 Å². The van der Waals surface area contributed by atoms with Gasteiger partial charge in [0, 0.05) is 44.5 Å². The van der Waals surface area contributed by atoms with Gasteiger partial charge in [0.2, 0.25) is 0 Å². The van der Waals surface area contributed by atoms with Crippen LogP contribution in [0.5, 0.6) is 0 Å². The Balaban J connectivity index is 1.27. The summed E-state index contributed by atoms with van der Waals surface area (Å²) in [6.07, 6.45) is 8.93. The Morgan fingerprint density at radius 1 is 1.03 bits per heavy atom. The molecule has 1 aromatic heterocycles. The van der Waals surface area contributed by atoms with E-state index in [1.54, 1.807) is 6.08 Å². The summed E-state index contributed by atoms with van der Waals surface area (Å²) in [5.41, 5.74) is 12.0. The Kier molecular flexibility index (Phi) is 5.41. The molecule has 2 aliphatic heterocycles. The number of aryl methyl sites for hydroxylation is 1. The van der Waals surface area contributed by atoms with Crippen molar-refractivity contribution >= 4 is 0 Å². The van der Waals surface area contributed by atoms with Crippen molar-refractivity contribution in [3.63, 3.8) is 0 Å². The summed E-state index contributed by atoms with van der Waals surface area (Å²) in [5, 5.41) is 7.97. The molecule has 2 aromatic rings. The molecule has 2 atom stereocenters. The lowest BCUT2D eigenvalue weighted by Gasteiger charge is -2.43. The van der Waals surface area contributed by atoms with E-state index < -0.39 is 0 Å². The SMILES string of the molecule is Cn1nccc1C1NNC(N2CCC(NC3=CC=C(F)CC3)CC2)c2ccccc21. The van der Waals surface area contributed by atoms with Gasteiger partial charge in [-0.1, -0.05) is 24.3 Å². The molecule has 1 aromatic carbocycles. The molecule has 0 bridgehead atoms. The summed E-state index contributed by atoms with van der Waals surface area (Å²) in [4.78, 5) is 2.51. The van der Waals surface area contributed by atoms with Crippen LogP contribution < -0.4 is 16.2 Å². The average Bonchev–Trinajstić information content (AvgIpc) is 3.21. The second-order valence-electron chi connectivity index (χ2n) is 8.39. The van der Waals surface area contributed by atoms with Crippen LogP contribution in [0.1, 0.15) is 54.7 Å². The summed E-state index contributed by atoms with van der Waals surface area (Å²) >= 11 is 0. The molecule has 6 nitrogen and oxygen atoms in total. The fourth-order valence-electron chi connectivity index (χ4n) is 4.83. The number of likely N-dealkylation sites (tertiary alicyclic amines) is 1. The molecule has 1 aliphatic carbocycles. The third-order valence-corrected chi connectivity index (χ3v) is 6.50. The number of rotatable bonds is 4. The van der Waals surface area contributed by atoms with E-state index in [0.717, 1.165) is 43.7 Å². The van der Waals surface area contributed by atoms with Crippen LogP contribution in [0.3, 0.4) is 0 Å². The van der Waals surface area contributed by atoms with Gasteiger partial charge in [0.15, 0.2) is 0 Å². The Labute approximate surface area is 176 Å². The lowest BCUT2D eigenvalue weighted by atomic mass is 9.93. The molecule has 0 spiro atoms. The van der Waals surface area contributed by atoms with Gasteiger partial charge >= 0.3 is 0 Å². The molecule has 2 unspecified atom stereocenters. The monoisotopic (exact) mass is 408 g/mol. The van der Waals surface area contributed by atoms with E-state index in [2.05, 4.69) is 56.5 Å². The molecule has 30 heavy (non-hydrogen) atoms. The number of benzene rings is 1. The number of hydrogen-bond acceptors (Lipinski definition) is 5. The molecule has 3 aliphatic rings. The maximum absolute atomic E-state index is 13.2. The van der Waals surface area contributed by atoms with Crippen LogP contribution in [0, 0.1) is 0 Å². The van der Waals surface area contributed by atoms with Gasteiger partial charge in [-0.25, -0.2) is 15.2 Å². The number of fused-ring (bicyclic) bond motifs is 1. The minimum absolute atomic E-state index is 0.0191. The Hall–Kier alpha value is -2.48. The van der Waals surface area contributed by atoms with E-state index in [9.17, 15) is 4.39 Å². The second-order valence-corrected chi connectivity index (χ2v) is 8.39. The highest BCUT2D eigenvalue weighted by Gasteiger charge is 2.33. The molecule has 0 saturated carbocycles. The third kappa shape index (κ3) is 3.80. The maximum Gasteiger partial charge on any atom is 0.100 e. The average molecular weight is 409 g/mol. The molecule has 1 saturated heterocycles. The van der Waals surface area contributed by atoms with Gasteiger partial charge in [-0.3, -0.25) is 9.58 Å². The lowest BCUT2D eigenvalue weighted by molar-refractivity contribution is 0.0987. The summed E-state index contributed by atoms with van der Waals surface area (Å²) in [6.45, 7) is 2.03. The van der Waals surface area contributed by atoms with E-state index >= 15 is 0 Å². The molecule has 7 heteroatoms. The minimum atomic E-state index is -0.0191. The molecule has 3 N–H and O–H groups in total. The predicted molar refractivity (Wildman–Crippen MR) is 115 cm³/mol. The third-order valence-electron chi connectivity index (χ3n) is 6.50. The quantitative estimate of drug-likeness (QED) is 0.725. The Bertz CT molecular complexity index is 956. The number of nitrogens with zero attached hydrogens (tertiary/aromatic N) is 3. The smallest absolute Gasteiger partial charge is 0.100 e. The van der Waals surface area contributed by atoms with E-state index in [1.165, 1.54) is 11.1 Å². The highest BCUT2D eigenvalue weighted by atomic mass is 19.1. The van der Waals surface area contributed by atoms with Crippen molar-refractivity contribution in [3.05, 3.63) is 77.0 Å². The standard InChI is InChI=1S/C23H29FN6/c1-29-21(10-13-25-29)22-19-4-2-3-5-20(19)23(28-27-22)30-14-11-18(12-15-30)26-17-8-6-16(24)7-9-17/h2-6,8,10,13,18,22-23,26-28H,7,9,11-12,14-15H2,1H3. The van der Waals surface area contributed by atoms with Crippen LogP contribution in [0.15, 0.2) is 60.2 Å². The summed E-state index contributed by atoms with van der Waals surface area (Å²) in [7, 11) is 1.98. The number of nitrogens with one attached hydrogen (secondary N) is 3. The first-order valence-electron chi connectivity index (χ1n) is 10.8. The molecule has 0 radical (unpaired) electrons. The van der Waals surface area contributed by atoms with E-state index in [0.29, 0.717) is 12.5 Å². The zero-order valence-corrected chi connectivity index (χ0v) is 17.3. The normalized spacial score (nSPS) is 25.4. The summed E-state index contributed by atoms with van der Waals surface area (Å²) in [5.74, 6) is -0.0191. The molecule has 5 rings (SSSR count). The van der Waals surface area contributed by atoms with Gasteiger partial charge < -0.3 is 5.32 Å². The van der Waals surface area contributed by atoms with E-state index in [4.69, 9.17) is 0 Å². The number of hydrazine groups is 1. The van der Waals surface area contributed by atoms with Gasteiger partial charge in [0.25, 0.3) is 0 Å². The van der Waals surface area contributed by atoms with Gasteiger partial charge in [-0.2, -0.15) is 5.10 Å². The first-order valence-corrected chi connectivity index (χ1v) is 10.8. The number of piperidine rings is 1. The molecule has 0 amide bonds. The van der Waals surface area contributed by atoms with Crippen molar-refractivity contribution in [2.75, 3.05) is 13.1 Å². The Morgan fingerprint density at radius 3 is 2.53 bits per heavy atom. The van der Waals surface area contributed by atoms with Crippen LogP contribution in [0.25, 0.3) is 0 Å². The maximum atomic E-state index is 13.2. The van der Waals surface area contributed by atoms with Gasteiger partial charge in [-0.05, 0) is 48.6 Å². The molecule has 3 heterocycles. The lowest BCUT2D eigenvalue weighted by Crippen LogP contribution is -2.54. The minimum Gasteiger partial charge on any atom is -0.386 e. The van der Waals surface area contributed by atoms with Crippen LogP contribution in [0.2, 0.25) is 0 Å². The number of aromatic nitrogens is 2. The fraction of sp³-hybridized carbons (Fsp3) is 0.435. The predicted octanol–water partition coefficient (Wildman–Crippen LogP) is 3.20. The first kappa shape index (κ1) is 19.5. The zero-order valence-electron chi connectivity index (χ0n) is 17.3. The zero-order chi connectivity index (χ0) is 20.5. The van der Waals surface area contributed by atoms with Gasteiger partial charge in [-0.15, -0.1) is 0 Å². The highest BCUT2D eigenvalue weighted by Crippen LogP contribution is 2.34. The number of halogens is 1.